The number of aliphatic hydroxyl groups is 2. The fourth-order valence-electron chi connectivity index (χ4n) is 4.16. The third-order valence-electron chi connectivity index (χ3n) is 5.43. The third kappa shape index (κ3) is 2.84. The van der Waals surface area contributed by atoms with Gasteiger partial charge in [0.05, 0.1) is 12.4 Å². The van der Waals surface area contributed by atoms with Crippen molar-refractivity contribution in [3.8, 4) is 0 Å². The lowest BCUT2D eigenvalue weighted by Gasteiger charge is -2.29. The van der Waals surface area contributed by atoms with Gasteiger partial charge in [0.2, 0.25) is 5.28 Å². The highest BCUT2D eigenvalue weighted by Crippen LogP contribution is 2.39. The molecule has 2 aliphatic rings. The first-order valence-corrected chi connectivity index (χ1v) is 9.09. The Balaban J connectivity index is 1.66. The normalized spacial score (nSPS) is 31.1. The van der Waals surface area contributed by atoms with E-state index in [-0.39, 0.29) is 17.2 Å². The Morgan fingerprint density at radius 2 is 2.04 bits per heavy atom. The van der Waals surface area contributed by atoms with Crippen molar-refractivity contribution in [1.29, 1.82) is 0 Å². The highest BCUT2D eigenvalue weighted by Gasteiger charge is 2.49. The SMILES string of the molecule is COC(C1CCCC1)[C@H]1O[C@@H](n2cnc3c(N)nc(Cl)nc32)[C@H](O)[C@@H]1O. The fourth-order valence-corrected chi connectivity index (χ4v) is 4.34. The molecular weight excluding hydrogens is 362 g/mol. The van der Waals surface area contributed by atoms with Crippen LogP contribution >= 0.6 is 11.6 Å². The Labute approximate surface area is 155 Å². The van der Waals surface area contributed by atoms with Crippen molar-refractivity contribution in [3.05, 3.63) is 11.6 Å². The largest absolute Gasteiger partial charge is 0.387 e. The summed E-state index contributed by atoms with van der Waals surface area (Å²) in [4.78, 5) is 12.2. The van der Waals surface area contributed by atoms with Gasteiger partial charge in [-0.15, -0.1) is 0 Å². The molecule has 0 radical (unpaired) electrons. The molecule has 142 valence electrons. The number of ether oxygens (including phenoxy) is 2. The molecule has 0 amide bonds. The molecule has 1 saturated heterocycles. The first kappa shape index (κ1) is 17.9. The summed E-state index contributed by atoms with van der Waals surface area (Å²) in [5.41, 5.74) is 6.53. The maximum Gasteiger partial charge on any atom is 0.226 e. The van der Waals surface area contributed by atoms with Gasteiger partial charge >= 0.3 is 0 Å². The molecule has 2 aromatic heterocycles. The Kier molecular flexibility index (Phi) is 4.74. The maximum atomic E-state index is 10.6. The van der Waals surface area contributed by atoms with Gasteiger partial charge in [0.15, 0.2) is 17.7 Å². The zero-order valence-corrected chi connectivity index (χ0v) is 15.1. The van der Waals surface area contributed by atoms with E-state index in [1.807, 2.05) is 0 Å². The quantitative estimate of drug-likeness (QED) is 0.664. The molecule has 0 aromatic carbocycles. The third-order valence-corrected chi connectivity index (χ3v) is 5.60. The average Bonchev–Trinajstić information content (AvgIpc) is 3.32. The van der Waals surface area contributed by atoms with Gasteiger partial charge in [-0.25, -0.2) is 4.98 Å². The Hall–Kier alpha value is -1.52. The second-order valence-electron chi connectivity index (χ2n) is 6.92. The van der Waals surface area contributed by atoms with Crippen molar-refractivity contribution >= 4 is 28.6 Å². The molecule has 1 aliphatic carbocycles. The number of hydrogen-bond acceptors (Lipinski definition) is 8. The van der Waals surface area contributed by atoms with E-state index in [2.05, 4.69) is 15.0 Å². The molecule has 0 bridgehead atoms. The van der Waals surface area contributed by atoms with Gasteiger partial charge in [0.1, 0.15) is 23.8 Å². The predicted molar refractivity (Wildman–Crippen MR) is 93.4 cm³/mol. The van der Waals surface area contributed by atoms with Gasteiger partial charge in [-0.3, -0.25) is 4.57 Å². The molecule has 4 N–H and O–H groups in total. The molecule has 1 saturated carbocycles. The minimum absolute atomic E-state index is 0.0259. The number of rotatable bonds is 4. The molecule has 9 nitrogen and oxygen atoms in total. The van der Waals surface area contributed by atoms with Crippen molar-refractivity contribution in [2.45, 2.75) is 56.3 Å². The van der Waals surface area contributed by atoms with Crippen LogP contribution in [0.4, 0.5) is 5.82 Å². The monoisotopic (exact) mass is 383 g/mol. The Morgan fingerprint density at radius 3 is 2.73 bits per heavy atom. The average molecular weight is 384 g/mol. The van der Waals surface area contributed by atoms with Crippen LogP contribution < -0.4 is 5.73 Å². The van der Waals surface area contributed by atoms with E-state index in [0.29, 0.717) is 17.1 Å². The van der Waals surface area contributed by atoms with Gasteiger partial charge in [0.25, 0.3) is 0 Å². The molecule has 1 aliphatic heterocycles. The molecule has 0 spiro atoms. The van der Waals surface area contributed by atoms with Crippen LogP contribution in [-0.4, -0.2) is 61.3 Å². The van der Waals surface area contributed by atoms with Crippen molar-refractivity contribution in [2.75, 3.05) is 12.8 Å². The van der Waals surface area contributed by atoms with E-state index in [0.717, 1.165) is 25.7 Å². The number of nitrogens with zero attached hydrogens (tertiary/aromatic N) is 4. The van der Waals surface area contributed by atoms with Crippen LogP contribution in [0.5, 0.6) is 0 Å². The van der Waals surface area contributed by atoms with E-state index in [1.165, 1.54) is 10.9 Å². The molecule has 26 heavy (non-hydrogen) atoms. The van der Waals surface area contributed by atoms with Crippen LogP contribution in [0.3, 0.4) is 0 Å². The van der Waals surface area contributed by atoms with Crippen molar-refractivity contribution < 1.29 is 19.7 Å². The van der Waals surface area contributed by atoms with Crippen LogP contribution in [0.25, 0.3) is 11.2 Å². The molecule has 5 atom stereocenters. The summed E-state index contributed by atoms with van der Waals surface area (Å²) >= 11 is 5.90. The number of imidazole rings is 1. The highest BCUT2D eigenvalue weighted by atomic mass is 35.5. The minimum atomic E-state index is -1.16. The maximum absolute atomic E-state index is 10.6. The molecule has 10 heteroatoms. The molecular formula is C16H22ClN5O4. The van der Waals surface area contributed by atoms with E-state index in [4.69, 9.17) is 26.8 Å². The smallest absolute Gasteiger partial charge is 0.226 e. The van der Waals surface area contributed by atoms with Gasteiger partial charge in [-0.05, 0) is 30.4 Å². The summed E-state index contributed by atoms with van der Waals surface area (Å²) in [7, 11) is 1.61. The summed E-state index contributed by atoms with van der Waals surface area (Å²) in [6.07, 6.45) is 1.74. The zero-order chi connectivity index (χ0) is 18.4. The summed E-state index contributed by atoms with van der Waals surface area (Å²) in [6, 6.07) is 0. The molecule has 4 rings (SSSR count). The van der Waals surface area contributed by atoms with Gasteiger partial charge < -0.3 is 25.4 Å². The van der Waals surface area contributed by atoms with Crippen LogP contribution in [0, 0.1) is 5.92 Å². The second-order valence-corrected chi connectivity index (χ2v) is 7.26. The molecule has 2 aromatic rings. The summed E-state index contributed by atoms with van der Waals surface area (Å²) in [5.74, 6) is 0.446. The van der Waals surface area contributed by atoms with Crippen LogP contribution in [0.15, 0.2) is 6.33 Å². The van der Waals surface area contributed by atoms with E-state index >= 15 is 0 Å². The van der Waals surface area contributed by atoms with Crippen LogP contribution in [0.1, 0.15) is 31.9 Å². The summed E-state index contributed by atoms with van der Waals surface area (Å²) in [5, 5.41) is 21.2. The van der Waals surface area contributed by atoms with Gasteiger partial charge in [-0.2, -0.15) is 9.97 Å². The zero-order valence-electron chi connectivity index (χ0n) is 14.3. The van der Waals surface area contributed by atoms with Crippen LogP contribution in [0.2, 0.25) is 5.28 Å². The number of hydrogen-bond donors (Lipinski definition) is 3. The standard InChI is InChI=1S/C16H22ClN5O4/c1-25-11(7-4-2-3-5-7)12-9(23)10(24)15(26-12)22-6-19-8-13(18)20-16(17)21-14(8)22/h6-7,9-12,15,23-24H,2-5H2,1H3,(H2,18,20,21)/t9-,10+,11?,12-,15+/m0/s1. The number of halogens is 1. The number of methoxy groups -OCH3 is 1. The minimum Gasteiger partial charge on any atom is -0.387 e. The first-order valence-electron chi connectivity index (χ1n) is 8.71. The van der Waals surface area contributed by atoms with E-state index < -0.39 is 24.5 Å². The second kappa shape index (κ2) is 6.90. The number of aromatic nitrogens is 4. The molecule has 1 unspecified atom stereocenters. The topological polar surface area (TPSA) is 129 Å². The highest BCUT2D eigenvalue weighted by molar-refractivity contribution is 6.28. The number of fused-ring (bicyclic) bond motifs is 1. The molecule has 3 heterocycles. The molecule has 2 fully saturated rings. The van der Waals surface area contributed by atoms with Crippen molar-refractivity contribution in [3.63, 3.8) is 0 Å². The number of nitrogen functional groups attached to an aromatic ring is 1. The Bertz CT molecular complexity index is 796. The van der Waals surface area contributed by atoms with Crippen LogP contribution in [-0.2, 0) is 9.47 Å². The fraction of sp³-hybridized carbons (Fsp3) is 0.688. The lowest BCUT2D eigenvalue weighted by atomic mass is 9.92. The number of aliphatic hydroxyl groups excluding tert-OH is 2. The number of nitrogens with two attached hydrogens (primary N) is 1. The van der Waals surface area contributed by atoms with Gasteiger partial charge in [-0.1, -0.05) is 12.8 Å². The first-order chi connectivity index (χ1) is 12.5. The van der Waals surface area contributed by atoms with E-state index in [9.17, 15) is 10.2 Å². The lowest BCUT2D eigenvalue weighted by molar-refractivity contribution is -0.113. The summed E-state index contributed by atoms with van der Waals surface area (Å²) in [6.45, 7) is 0. The lowest BCUT2D eigenvalue weighted by Crippen LogP contribution is -2.43. The van der Waals surface area contributed by atoms with Crippen molar-refractivity contribution in [2.24, 2.45) is 5.92 Å². The number of anilines is 1. The Morgan fingerprint density at radius 1 is 1.31 bits per heavy atom. The summed E-state index contributed by atoms with van der Waals surface area (Å²) < 4.78 is 13.2. The van der Waals surface area contributed by atoms with Gasteiger partial charge in [0, 0.05) is 7.11 Å². The van der Waals surface area contributed by atoms with E-state index in [1.54, 1.807) is 7.11 Å². The van der Waals surface area contributed by atoms with Crippen molar-refractivity contribution in [1.82, 2.24) is 19.5 Å². The predicted octanol–water partition coefficient (Wildman–Crippen LogP) is 0.886.